The number of hydrogen-bond acceptors (Lipinski definition) is 2. The number of aliphatic hydroxyl groups excluding tert-OH is 1. The molecule has 1 spiro atoms. The first-order valence-electron chi connectivity index (χ1n) is 7.27. The van der Waals surface area contributed by atoms with E-state index in [-0.39, 0.29) is 0 Å². The average Bonchev–Trinajstić information content (AvgIpc) is 3.24. The molecule has 8 unspecified atom stereocenters. The van der Waals surface area contributed by atoms with E-state index in [0.717, 1.165) is 30.0 Å². The summed E-state index contributed by atoms with van der Waals surface area (Å²) in [4.78, 5) is 21.6. The number of rotatable bonds is 3. The Balaban J connectivity index is 1.69. The Kier molecular flexibility index (Phi) is 0.192. The van der Waals surface area contributed by atoms with E-state index in [0.29, 0.717) is 16.7 Å². The van der Waals surface area contributed by atoms with E-state index in [9.17, 15) is 9.90 Å². The van der Waals surface area contributed by atoms with Crippen LogP contribution in [0.1, 0.15) is 13.3 Å². The molecule has 10 rings (SSSR count). The summed E-state index contributed by atoms with van der Waals surface area (Å²) >= 11 is 0. The first-order chi connectivity index (χ1) is 7.94. The maximum atomic E-state index is 12.5. The number of carbonyl (C=O) groups is 1. The van der Waals surface area contributed by atoms with E-state index in [1.807, 2.05) is 6.92 Å². The normalized spacial score (nSPS) is 123. The zero-order valence-electron chi connectivity index (χ0n) is 9.74. The van der Waals surface area contributed by atoms with Crippen molar-refractivity contribution in [1.29, 1.82) is 0 Å². The van der Waals surface area contributed by atoms with Crippen LogP contribution in [-0.2, 0) is 11.3 Å². The molecule has 2 nitrogen and oxygen atoms in total. The van der Waals surface area contributed by atoms with Crippen LogP contribution in [-0.4, -0.2) is 17.5 Å². The second-order valence-corrected chi connectivity index (χ2v) is 34.3. The van der Waals surface area contributed by atoms with Gasteiger partial charge >= 0.3 is 89.3 Å². The third kappa shape index (κ3) is 0.0580. The van der Waals surface area contributed by atoms with Crippen molar-refractivity contribution in [1.82, 2.24) is 0 Å². The van der Waals surface area contributed by atoms with Gasteiger partial charge in [-0.05, 0) is 0 Å². The van der Waals surface area contributed by atoms with Crippen molar-refractivity contribution in [2.75, 3.05) is 6.61 Å². The number of aliphatic hydroxyl groups is 1. The van der Waals surface area contributed by atoms with Gasteiger partial charge in [0.1, 0.15) is 0 Å². The van der Waals surface area contributed by atoms with Gasteiger partial charge in [-0.2, -0.15) is 0 Å². The van der Waals surface area contributed by atoms with Crippen molar-refractivity contribution >= 4 is 5.78 Å². The topological polar surface area (TPSA) is 37.3 Å². The van der Waals surface area contributed by atoms with Crippen LogP contribution in [0.15, 0.2) is 0 Å². The van der Waals surface area contributed by atoms with Gasteiger partial charge in [0, 0.05) is 0 Å². The van der Waals surface area contributed by atoms with Gasteiger partial charge in [-0.1, -0.05) is 0 Å². The molecule has 3 heteroatoms. The van der Waals surface area contributed by atoms with Crippen molar-refractivity contribution in [3.05, 3.63) is 0 Å². The SMILES string of the molecule is CC(=O)[C]12[CH]3[CH]4[CH]5[CH]1[Fe]45321678[CH]2[CH]1[CH]6[C]7(CCO)[CH]28. The Bertz CT molecular complexity index is 1030. The Morgan fingerprint density at radius 1 is 1.12 bits per heavy atom. The maximum absolute atomic E-state index is 12.5. The number of hydrogen-bond donors (Lipinski definition) is 1. The van der Waals surface area contributed by atoms with Crippen LogP contribution in [0.25, 0.3) is 0 Å². The Hall–Kier alpha value is 0.149. The molecule has 0 bridgehead atoms. The molecule has 0 amide bonds. The fourth-order valence-corrected chi connectivity index (χ4v) is 96.4. The molecule has 0 aromatic rings. The van der Waals surface area contributed by atoms with Crippen LogP contribution in [0.4, 0.5) is 0 Å². The molecule has 0 aromatic carbocycles. The number of ketones is 1. The second kappa shape index (κ2) is 0.499. The van der Waals surface area contributed by atoms with E-state index in [4.69, 9.17) is 0 Å². The molecular formula is C14H16FeO2. The molecule has 10 heterocycles. The van der Waals surface area contributed by atoms with Crippen molar-refractivity contribution < 1.29 is 16.4 Å². The van der Waals surface area contributed by atoms with Crippen LogP contribution in [0.5, 0.6) is 0 Å². The summed E-state index contributed by atoms with van der Waals surface area (Å²) in [6, 6.07) is 0. The fourth-order valence-electron chi connectivity index (χ4n) is 18.9. The van der Waals surface area contributed by atoms with Crippen LogP contribution in [0.2, 0.25) is 47.2 Å². The molecule has 0 aliphatic carbocycles. The first-order valence-corrected chi connectivity index (χ1v) is 13.5. The van der Waals surface area contributed by atoms with E-state index in [1.165, 1.54) is 19.3 Å². The van der Waals surface area contributed by atoms with Gasteiger partial charge in [0.25, 0.3) is 0 Å². The molecule has 0 radical (unpaired) electrons. The molecule has 10 fully saturated rings. The Morgan fingerprint density at radius 2 is 1.65 bits per heavy atom. The average molecular weight is 272 g/mol. The molecule has 92 valence electrons. The molecule has 0 aromatic heterocycles. The second-order valence-electron chi connectivity index (χ2n) is 11.0. The van der Waals surface area contributed by atoms with Gasteiger partial charge in [-0.25, -0.2) is 0 Å². The van der Waals surface area contributed by atoms with E-state index in [1.54, 1.807) is 0 Å². The summed E-state index contributed by atoms with van der Waals surface area (Å²) in [5, 5.41) is 9.57. The van der Waals surface area contributed by atoms with Crippen LogP contribution < -0.4 is 0 Å². The number of Topliss-reactive ketones (excluding diaryl/α,β-unsaturated/α-hetero) is 1. The molecule has 10 aliphatic heterocycles. The molecule has 17 heavy (non-hydrogen) atoms. The van der Waals surface area contributed by atoms with Crippen molar-refractivity contribution in [2.45, 2.75) is 60.5 Å². The molecule has 0 saturated carbocycles. The minimum atomic E-state index is -3.35. The predicted molar refractivity (Wildman–Crippen MR) is 57.8 cm³/mol. The minimum absolute atomic E-state index is 0.406. The monoisotopic (exact) mass is 272 g/mol. The summed E-state index contributed by atoms with van der Waals surface area (Å²) < 4.78 is 1.12. The zero-order chi connectivity index (χ0) is 10.9. The molecule has 10 aliphatic rings. The van der Waals surface area contributed by atoms with Gasteiger partial charge in [-0.15, -0.1) is 0 Å². The standard InChI is InChI=1S/C7H7O.C7H9O.Fe/c1-6(8)7-4-2-3-5-7;8-6-5-7-3-1-2-4-7;/h2-5H,1H3;1-4,8H,5-6H2;. The van der Waals surface area contributed by atoms with Gasteiger partial charge < -0.3 is 0 Å². The summed E-state index contributed by atoms with van der Waals surface area (Å²) in [7, 11) is 0. The van der Waals surface area contributed by atoms with E-state index >= 15 is 0 Å². The van der Waals surface area contributed by atoms with Crippen LogP contribution in [0.3, 0.4) is 0 Å². The molecule has 10 saturated heterocycles. The molecule has 8 atom stereocenters. The predicted octanol–water partition coefficient (Wildman–Crippen LogP) is 3.09. The molecule has 1 N–H and O–H groups in total. The van der Waals surface area contributed by atoms with Gasteiger partial charge in [0.05, 0.1) is 0 Å². The van der Waals surface area contributed by atoms with Crippen molar-refractivity contribution in [2.24, 2.45) is 0 Å². The fraction of sp³-hybridized carbons (Fsp3) is 0.929. The third-order valence-electron chi connectivity index (χ3n) is 16.1. The summed E-state index contributed by atoms with van der Waals surface area (Å²) in [6.07, 6.45) is 1.14. The van der Waals surface area contributed by atoms with Crippen molar-refractivity contribution in [3.63, 3.8) is 0 Å². The first kappa shape index (κ1) is 6.54. The zero-order valence-corrected chi connectivity index (χ0v) is 10.8. The summed E-state index contributed by atoms with van der Waals surface area (Å²) in [5.74, 6) is 0.654. The van der Waals surface area contributed by atoms with Crippen LogP contribution in [0, 0.1) is 0 Å². The van der Waals surface area contributed by atoms with Crippen molar-refractivity contribution in [3.8, 4) is 0 Å². The summed E-state index contributed by atoms with van der Waals surface area (Å²) in [6.45, 7) is -0.981. The number of carbonyl (C=O) groups excluding carboxylic acids is 1. The third-order valence-corrected chi connectivity index (χ3v) is 59.7. The van der Waals surface area contributed by atoms with E-state index < -0.39 is 6.51 Å². The van der Waals surface area contributed by atoms with E-state index in [2.05, 4.69) is 0 Å². The Morgan fingerprint density at radius 3 is 1.94 bits per heavy atom. The molecular weight excluding hydrogens is 256 g/mol. The van der Waals surface area contributed by atoms with Gasteiger partial charge in [-0.3, -0.25) is 0 Å². The summed E-state index contributed by atoms with van der Waals surface area (Å²) in [5.41, 5.74) is 0. The van der Waals surface area contributed by atoms with Crippen LogP contribution >= 0.6 is 0 Å². The van der Waals surface area contributed by atoms with Gasteiger partial charge in [0.2, 0.25) is 0 Å². The Labute approximate surface area is 89.4 Å². The number of fused-ring (bicyclic) bond motifs is 10. The van der Waals surface area contributed by atoms with Gasteiger partial charge in [0.15, 0.2) is 0 Å². The quantitative estimate of drug-likeness (QED) is 0.801.